The maximum atomic E-state index is 13.2. The number of hydrogen-bond donors (Lipinski definition) is 1. The molecule has 0 saturated carbocycles. The lowest BCUT2D eigenvalue weighted by Crippen LogP contribution is -2.37. The Bertz CT molecular complexity index is 669. The number of carbonyl (C=O) groups excluding carboxylic acids is 1. The van der Waals surface area contributed by atoms with Crippen LogP contribution in [0.4, 0.5) is 10.1 Å². The Balaban J connectivity index is 2.33. The standard InChI is InChI=1S/C15H17ClFNO4S/c16-13-9-12(17)5-6-15(13)18(23(20)21)14-4-2-1-3-11(14)7-8-22-10-19/h3,5-6,9-10,14,23H,1-2,4,7-8H2. The number of halogens is 2. The van der Waals surface area contributed by atoms with E-state index in [0.717, 1.165) is 24.5 Å². The van der Waals surface area contributed by atoms with Crippen LogP contribution in [-0.2, 0) is 20.4 Å². The summed E-state index contributed by atoms with van der Waals surface area (Å²) in [5.41, 5.74) is 1.12. The predicted octanol–water partition coefficient (Wildman–Crippen LogP) is 2.85. The van der Waals surface area contributed by atoms with Gasteiger partial charge >= 0.3 is 0 Å². The molecule has 8 heteroatoms. The van der Waals surface area contributed by atoms with Crippen molar-refractivity contribution in [2.45, 2.75) is 31.7 Å². The van der Waals surface area contributed by atoms with Crippen molar-refractivity contribution in [2.75, 3.05) is 10.9 Å². The number of hydrogen-bond acceptors (Lipinski definition) is 4. The van der Waals surface area contributed by atoms with Crippen LogP contribution >= 0.6 is 11.6 Å². The molecule has 0 bridgehead atoms. The number of rotatable bonds is 7. The molecule has 1 aromatic carbocycles. The van der Waals surface area contributed by atoms with Crippen LogP contribution < -0.4 is 4.31 Å². The third-order valence-electron chi connectivity index (χ3n) is 3.72. The van der Waals surface area contributed by atoms with Crippen molar-refractivity contribution in [2.24, 2.45) is 0 Å². The van der Waals surface area contributed by atoms with Crippen LogP contribution in [0.1, 0.15) is 25.7 Å². The van der Waals surface area contributed by atoms with E-state index in [-0.39, 0.29) is 17.3 Å². The smallest absolute Gasteiger partial charge is 0.293 e. The lowest BCUT2D eigenvalue weighted by atomic mass is 9.92. The molecule has 23 heavy (non-hydrogen) atoms. The normalized spacial score (nSPS) is 17.7. The van der Waals surface area contributed by atoms with Crippen LogP contribution in [0, 0.1) is 5.82 Å². The first kappa shape index (κ1) is 17.7. The number of allylic oxidation sites excluding steroid dienone is 1. The predicted molar refractivity (Wildman–Crippen MR) is 86.6 cm³/mol. The Kier molecular flexibility index (Phi) is 6.41. The highest BCUT2D eigenvalue weighted by Gasteiger charge is 2.28. The zero-order chi connectivity index (χ0) is 16.8. The molecule has 0 radical (unpaired) electrons. The van der Waals surface area contributed by atoms with Gasteiger partial charge in [0.25, 0.3) is 6.47 Å². The summed E-state index contributed by atoms with van der Waals surface area (Å²) in [5.74, 6) is -0.529. The monoisotopic (exact) mass is 361 g/mol. The molecule has 0 amide bonds. The Labute approximate surface area is 140 Å². The van der Waals surface area contributed by atoms with Gasteiger partial charge in [-0.1, -0.05) is 17.7 Å². The van der Waals surface area contributed by atoms with Gasteiger partial charge in [-0.3, -0.25) is 9.10 Å². The molecular weight excluding hydrogens is 345 g/mol. The maximum Gasteiger partial charge on any atom is 0.293 e. The second kappa shape index (κ2) is 8.31. The first-order valence-corrected chi connectivity index (χ1v) is 8.68. The Morgan fingerprint density at radius 2 is 2.22 bits per heavy atom. The summed E-state index contributed by atoms with van der Waals surface area (Å²) in [6.07, 6.45) is 4.71. The quantitative estimate of drug-likeness (QED) is 0.351. The molecule has 5 nitrogen and oxygen atoms in total. The SMILES string of the molecule is O=COCCC1=CCCCC1N(c1ccc(F)cc1Cl)[SH](=O)=O. The molecule has 0 saturated heterocycles. The number of thiol groups is 1. The first-order valence-electron chi connectivity index (χ1n) is 7.17. The molecule has 0 aliphatic heterocycles. The highest BCUT2D eigenvalue weighted by Crippen LogP contribution is 2.34. The van der Waals surface area contributed by atoms with Crippen molar-refractivity contribution >= 4 is 34.7 Å². The number of ether oxygens (including phenoxy) is 1. The zero-order valence-corrected chi connectivity index (χ0v) is 13.9. The van der Waals surface area contributed by atoms with Crippen molar-refractivity contribution in [3.63, 3.8) is 0 Å². The fourth-order valence-electron chi connectivity index (χ4n) is 2.73. The molecule has 2 rings (SSSR count). The van der Waals surface area contributed by atoms with Crippen LogP contribution in [0.3, 0.4) is 0 Å². The molecule has 1 atom stereocenters. The minimum absolute atomic E-state index is 0.0401. The van der Waals surface area contributed by atoms with E-state index in [1.165, 1.54) is 16.4 Å². The van der Waals surface area contributed by atoms with Gasteiger partial charge in [-0.2, -0.15) is 0 Å². The minimum atomic E-state index is -2.96. The summed E-state index contributed by atoms with van der Waals surface area (Å²) in [6.45, 7) is 0.549. The van der Waals surface area contributed by atoms with Crippen molar-refractivity contribution in [1.82, 2.24) is 0 Å². The largest absolute Gasteiger partial charge is 0.468 e. The van der Waals surface area contributed by atoms with Crippen molar-refractivity contribution in [3.8, 4) is 0 Å². The van der Waals surface area contributed by atoms with E-state index in [0.29, 0.717) is 19.3 Å². The molecule has 0 spiro atoms. The Hall–Kier alpha value is -1.60. The van der Waals surface area contributed by atoms with E-state index in [9.17, 15) is 17.6 Å². The molecule has 1 unspecified atom stereocenters. The average molecular weight is 362 g/mol. The van der Waals surface area contributed by atoms with Gasteiger partial charge in [0.2, 0.25) is 10.9 Å². The topological polar surface area (TPSA) is 63.7 Å². The highest BCUT2D eigenvalue weighted by atomic mass is 35.5. The van der Waals surface area contributed by atoms with Crippen molar-refractivity contribution in [3.05, 3.63) is 40.7 Å². The summed E-state index contributed by atoms with van der Waals surface area (Å²) in [5, 5.41) is 0.0401. The second-order valence-corrected chi connectivity index (χ2v) is 6.43. The van der Waals surface area contributed by atoms with E-state index in [1.54, 1.807) is 0 Å². The summed E-state index contributed by atoms with van der Waals surface area (Å²) >= 11 is 6.02. The van der Waals surface area contributed by atoms with E-state index >= 15 is 0 Å². The van der Waals surface area contributed by atoms with Gasteiger partial charge in [0.1, 0.15) is 5.82 Å². The second-order valence-electron chi connectivity index (χ2n) is 5.12. The summed E-state index contributed by atoms with van der Waals surface area (Å²) < 4.78 is 42.7. The Morgan fingerprint density at radius 1 is 1.43 bits per heavy atom. The third-order valence-corrected chi connectivity index (χ3v) is 4.87. The molecule has 126 valence electrons. The fourth-order valence-corrected chi connectivity index (χ4v) is 3.89. The first-order chi connectivity index (χ1) is 11.0. The van der Waals surface area contributed by atoms with Crippen LogP contribution in [0.15, 0.2) is 29.8 Å². The lowest BCUT2D eigenvalue weighted by molar-refractivity contribution is -0.128. The fraction of sp³-hybridized carbons (Fsp3) is 0.400. The molecule has 0 aromatic heterocycles. The maximum absolute atomic E-state index is 13.2. The zero-order valence-electron chi connectivity index (χ0n) is 12.3. The molecular formula is C15H17ClFNO4S. The average Bonchev–Trinajstić information content (AvgIpc) is 2.51. The number of nitrogens with zero attached hydrogens (tertiary/aromatic N) is 1. The summed E-state index contributed by atoms with van der Waals surface area (Å²) in [4.78, 5) is 10.3. The van der Waals surface area contributed by atoms with Gasteiger partial charge in [-0.25, -0.2) is 12.8 Å². The summed E-state index contributed by atoms with van der Waals surface area (Å²) in [7, 11) is -2.96. The lowest BCUT2D eigenvalue weighted by Gasteiger charge is -2.33. The molecule has 0 N–H and O–H groups in total. The van der Waals surface area contributed by atoms with Gasteiger partial charge in [0.15, 0.2) is 0 Å². The molecule has 0 heterocycles. The van der Waals surface area contributed by atoms with E-state index in [2.05, 4.69) is 0 Å². The van der Waals surface area contributed by atoms with Crippen LogP contribution in [0.5, 0.6) is 0 Å². The van der Waals surface area contributed by atoms with Crippen LogP contribution in [0.2, 0.25) is 5.02 Å². The van der Waals surface area contributed by atoms with Crippen molar-refractivity contribution in [1.29, 1.82) is 0 Å². The third kappa shape index (κ3) is 4.45. The van der Waals surface area contributed by atoms with Crippen LogP contribution in [0.25, 0.3) is 0 Å². The van der Waals surface area contributed by atoms with E-state index in [1.807, 2.05) is 6.08 Å². The number of anilines is 1. The Morgan fingerprint density at radius 3 is 2.87 bits per heavy atom. The van der Waals surface area contributed by atoms with E-state index in [4.69, 9.17) is 16.3 Å². The van der Waals surface area contributed by atoms with Crippen molar-refractivity contribution < 1.29 is 22.3 Å². The van der Waals surface area contributed by atoms with Gasteiger partial charge in [-0.15, -0.1) is 0 Å². The molecule has 1 aromatic rings. The van der Waals surface area contributed by atoms with Crippen LogP contribution in [-0.4, -0.2) is 27.5 Å². The van der Waals surface area contributed by atoms with E-state index < -0.39 is 22.7 Å². The van der Waals surface area contributed by atoms with Gasteiger partial charge < -0.3 is 4.74 Å². The van der Waals surface area contributed by atoms with Gasteiger partial charge in [-0.05, 0) is 43.0 Å². The van der Waals surface area contributed by atoms with Gasteiger partial charge in [0, 0.05) is 6.42 Å². The number of carbonyl (C=O) groups is 1. The summed E-state index contributed by atoms with van der Waals surface area (Å²) in [6, 6.07) is 3.22. The molecule has 1 aliphatic carbocycles. The highest BCUT2D eigenvalue weighted by molar-refractivity contribution is 7.74. The van der Waals surface area contributed by atoms with Gasteiger partial charge in [0.05, 0.1) is 23.4 Å². The molecule has 1 aliphatic rings. The number of benzene rings is 1. The minimum Gasteiger partial charge on any atom is -0.468 e. The molecule has 0 fully saturated rings.